The van der Waals surface area contributed by atoms with Gasteiger partial charge >= 0.3 is 0 Å². The van der Waals surface area contributed by atoms with Gasteiger partial charge in [-0.2, -0.15) is 0 Å². The fraction of sp³-hybridized carbons (Fsp3) is 0.591. The van der Waals surface area contributed by atoms with Crippen LogP contribution in [0.15, 0.2) is 12.3 Å². The average Bonchev–Trinajstić information content (AvgIpc) is 3.11. The second-order valence-corrected chi connectivity index (χ2v) is 9.05. The zero-order chi connectivity index (χ0) is 22.2. The highest BCUT2D eigenvalue weighted by Gasteiger charge is 2.25. The summed E-state index contributed by atoms with van der Waals surface area (Å²) in [7, 11) is 0. The Labute approximate surface area is 187 Å². The highest BCUT2D eigenvalue weighted by atomic mass is 32.1. The Balaban J connectivity index is 1.51. The lowest BCUT2D eigenvalue weighted by molar-refractivity contribution is -0.121. The predicted molar refractivity (Wildman–Crippen MR) is 125 cm³/mol. The van der Waals surface area contributed by atoms with Crippen molar-refractivity contribution in [2.45, 2.75) is 45.4 Å². The minimum atomic E-state index is -0.520. The Kier molecular flexibility index (Phi) is 8.48. The number of unbranched alkanes of at least 4 members (excludes halogenated alkanes) is 2. The van der Waals surface area contributed by atoms with Crippen LogP contribution >= 0.6 is 11.3 Å². The van der Waals surface area contributed by atoms with Crippen molar-refractivity contribution in [2.24, 2.45) is 11.7 Å². The third-order valence-corrected chi connectivity index (χ3v) is 6.75. The van der Waals surface area contributed by atoms with Crippen molar-refractivity contribution < 1.29 is 14.3 Å². The van der Waals surface area contributed by atoms with Crippen molar-refractivity contribution in [1.29, 1.82) is 0 Å². The van der Waals surface area contributed by atoms with Crippen LogP contribution in [0.1, 0.15) is 55.1 Å². The molecule has 1 aliphatic rings. The first-order valence-corrected chi connectivity index (χ1v) is 11.9. The van der Waals surface area contributed by atoms with Crippen LogP contribution in [0.25, 0.3) is 10.2 Å². The number of primary amides is 1. The average molecular weight is 448 g/mol. The highest BCUT2D eigenvalue weighted by Crippen LogP contribution is 2.39. The number of amides is 2. The van der Waals surface area contributed by atoms with Crippen molar-refractivity contribution >= 4 is 44.7 Å². The monoisotopic (exact) mass is 447 g/mol. The topological polar surface area (TPSA) is 124 Å². The molecule has 9 heteroatoms. The standard InChI is InChI=1S/C22H33N5O3S/c1-2-3-4-7-17(28)25-10-12-30-14-15-6-5-11-27(13-15)16-8-9-26-22-18(16)19(23)20(31-22)21(24)29/h8-9,15H,2-7,10-14,23H2,1H3,(H2,24,29)(H,25,28). The first kappa shape index (κ1) is 23.3. The normalized spacial score (nSPS) is 16.5. The molecule has 0 radical (unpaired) electrons. The summed E-state index contributed by atoms with van der Waals surface area (Å²) in [6, 6.07) is 1.95. The van der Waals surface area contributed by atoms with Crippen molar-refractivity contribution in [3.05, 3.63) is 17.1 Å². The third-order valence-electron chi connectivity index (χ3n) is 5.62. The van der Waals surface area contributed by atoms with Gasteiger partial charge in [-0.25, -0.2) is 4.98 Å². The lowest BCUT2D eigenvalue weighted by atomic mass is 9.98. The van der Waals surface area contributed by atoms with E-state index < -0.39 is 5.91 Å². The number of nitrogen functional groups attached to an aromatic ring is 1. The molecule has 2 amide bonds. The van der Waals surface area contributed by atoms with E-state index in [1.54, 1.807) is 6.20 Å². The highest BCUT2D eigenvalue weighted by molar-refractivity contribution is 7.21. The molecule has 3 rings (SSSR count). The quantitative estimate of drug-likeness (QED) is 0.455. The number of carbonyl (C=O) groups excluding carboxylic acids is 2. The van der Waals surface area contributed by atoms with Crippen LogP contribution in [0.4, 0.5) is 11.4 Å². The second kappa shape index (κ2) is 11.3. The molecule has 1 atom stereocenters. The zero-order valence-corrected chi connectivity index (χ0v) is 19.0. The molecule has 3 heterocycles. The molecule has 1 unspecified atom stereocenters. The van der Waals surface area contributed by atoms with Crippen molar-refractivity contribution in [3.8, 4) is 0 Å². The Morgan fingerprint density at radius 2 is 2.23 bits per heavy atom. The molecule has 0 spiro atoms. The first-order valence-electron chi connectivity index (χ1n) is 11.1. The molecular weight excluding hydrogens is 414 g/mol. The van der Waals surface area contributed by atoms with Crippen molar-refractivity contribution in [2.75, 3.05) is 43.5 Å². The fourth-order valence-electron chi connectivity index (χ4n) is 4.03. The molecule has 170 valence electrons. The maximum absolute atomic E-state index is 11.7. The second-order valence-electron chi connectivity index (χ2n) is 8.06. The number of aromatic nitrogens is 1. The van der Waals surface area contributed by atoms with E-state index in [1.165, 1.54) is 11.3 Å². The minimum Gasteiger partial charge on any atom is -0.397 e. The number of nitrogens with two attached hydrogens (primary N) is 2. The zero-order valence-electron chi connectivity index (χ0n) is 18.2. The SMILES string of the molecule is CCCCCC(=O)NCCOCC1CCCN(c2ccnc3sc(C(N)=O)c(N)c23)C1. The minimum absolute atomic E-state index is 0.103. The summed E-state index contributed by atoms with van der Waals surface area (Å²) in [4.78, 5) is 31.2. The number of anilines is 2. The number of pyridine rings is 1. The number of nitrogens with one attached hydrogen (secondary N) is 1. The summed E-state index contributed by atoms with van der Waals surface area (Å²) in [6.07, 6.45) is 7.64. The van der Waals surface area contributed by atoms with Crippen LogP contribution in [-0.2, 0) is 9.53 Å². The number of hydrogen-bond donors (Lipinski definition) is 3. The Morgan fingerprint density at radius 1 is 1.39 bits per heavy atom. The molecule has 2 aromatic rings. The number of rotatable bonds is 11. The molecule has 31 heavy (non-hydrogen) atoms. The fourth-order valence-corrected chi connectivity index (χ4v) is 4.97. The van der Waals surface area contributed by atoms with Crippen molar-refractivity contribution in [1.82, 2.24) is 10.3 Å². The Morgan fingerprint density at radius 3 is 3.00 bits per heavy atom. The van der Waals surface area contributed by atoms with Gasteiger partial charge in [0, 0.05) is 32.3 Å². The largest absolute Gasteiger partial charge is 0.397 e. The third kappa shape index (κ3) is 6.07. The molecule has 0 aliphatic carbocycles. The lowest BCUT2D eigenvalue weighted by Gasteiger charge is -2.34. The molecule has 1 saturated heterocycles. The lowest BCUT2D eigenvalue weighted by Crippen LogP contribution is -2.37. The van der Waals surface area contributed by atoms with Crippen molar-refractivity contribution in [3.63, 3.8) is 0 Å². The van der Waals surface area contributed by atoms with E-state index in [9.17, 15) is 9.59 Å². The summed E-state index contributed by atoms with van der Waals surface area (Å²) in [5.41, 5.74) is 13.1. The number of nitrogens with zero attached hydrogens (tertiary/aromatic N) is 2. The van der Waals surface area contributed by atoms with Crippen LogP contribution in [0.2, 0.25) is 0 Å². The number of thiophene rings is 1. The van der Waals surface area contributed by atoms with E-state index in [0.29, 0.717) is 42.7 Å². The van der Waals surface area contributed by atoms with Gasteiger partial charge in [0.05, 0.1) is 30.0 Å². The van der Waals surface area contributed by atoms with E-state index in [0.717, 1.165) is 61.1 Å². The van der Waals surface area contributed by atoms with Crippen LogP contribution < -0.4 is 21.7 Å². The van der Waals surface area contributed by atoms with Crippen LogP contribution in [0.5, 0.6) is 0 Å². The number of carbonyl (C=O) groups is 2. The van der Waals surface area contributed by atoms with E-state index in [4.69, 9.17) is 16.2 Å². The number of hydrogen-bond acceptors (Lipinski definition) is 7. The maximum Gasteiger partial charge on any atom is 0.260 e. The number of ether oxygens (including phenoxy) is 1. The maximum atomic E-state index is 11.7. The van der Waals surface area contributed by atoms with E-state index >= 15 is 0 Å². The predicted octanol–water partition coefficient (Wildman–Crippen LogP) is 2.91. The Hall–Kier alpha value is -2.39. The van der Waals surface area contributed by atoms with Crippen LogP contribution in [0, 0.1) is 5.92 Å². The van der Waals surface area contributed by atoms with Gasteiger partial charge in [0.25, 0.3) is 5.91 Å². The van der Waals surface area contributed by atoms with Gasteiger partial charge in [-0.1, -0.05) is 19.8 Å². The van der Waals surface area contributed by atoms with Gasteiger partial charge < -0.3 is 26.4 Å². The molecule has 1 fully saturated rings. The van der Waals surface area contributed by atoms with E-state index in [1.807, 2.05) is 6.07 Å². The molecule has 0 bridgehead atoms. The molecule has 1 aliphatic heterocycles. The summed E-state index contributed by atoms with van der Waals surface area (Å²) >= 11 is 1.24. The van der Waals surface area contributed by atoms with Gasteiger partial charge in [-0.15, -0.1) is 11.3 Å². The number of fused-ring (bicyclic) bond motifs is 1. The van der Waals surface area contributed by atoms with Gasteiger partial charge in [0.2, 0.25) is 5.91 Å². The molecule has 5 N–H and O–H groups in total. The summed E-state index contributed by atoms with van der Waals surface area (Å²) in [6.45, 7) is 5.63. The summed E-state index contributed by atoms with van der Waals surface area (Å²) in [5.74, 6) is -0.0206. The van der Waals surface area contributed by atoms with Gasteiger partial charge in [-0.05, 0) is 31.2 Å². The first-order chi connectivity index (χ1) is 15.0. The van der Waals surface area contributed by atoms with Crippen LogP contribution in [-0.4, -0.2) is 49.6 Å². The van der Waals surface area contributed by atoms with Crippen LogP contribution in [0.3, 0.4) is 0 Å². The summed E-state index contributed by atoms with van der Waals surface area (Å²) in [5, 5.41) is 3.73. The van der Waals surface area contributed by atoms with Gasteiger partial charge in [0.1, 0.15) is 9.71 Å². The van der Waals surface area contributed by atoms with E-state index in [2.05, 4.69) is 22.1 Å². The molecule has 2 aromatic heterocycles. The van der Waals surface area contributed by atoms with E-state index in [-0.39, 0.29) is 5.91 Å². The number of piperidine rings is 1. The Bertz CT molecular complexity index is 901. The van der Waals surface area contributed by atoms with Gasteiger partial charge in [0.15, 0.2) is 0 Å². The molecule has 0 aromatic carbocycles. The molecular formula is C22H33N5O3S. The molecule has 0 saturated carbocycles. The summed E-state index contributed by atoms with van der Waals surface area (Å²) < 4.78 is 5.84. The smallest absolute Gasteiger partial charge is 0.260 e. The van der Waals surface area contributed by atoms with Gasteiger partial charge in [-0.3, -0.25) is 9.59 Å². The molecule has 8 nitrogen and oxygen atoms in total.